The van der Waals surface area contributed by atoms with Crippen LogP contribution in [0.15, 0.2) is 100 Å². The number of carbonyl (C=O) groups excluding carboxylic acids is 1. The van der Waals surface area contributed by atoms with Crippen LogP contribution in [0, 0.1) is 0 Å². The van der Waals surface area contributed by atoms with Crippen molar-refractivity contribution in [2.45, 2.75) is 33.4 Å². The van der Waals surface area contributed by atoms with E-state index in [9.17, 15) is 9.59 Å². The van der Waals surface area contributed by atoms with Crippen molar-refractivity contribution in [2.24, 2.45) is 4.99 Å². The van der Waals surface area contributed by atoms with Gasteiger partial charge in [0.15, 0.2) is 4.80 Å². The van der Waals surface area contributed by atoms with Gasteiger partial charge >= 0.3 is 5.97 Å². The van der Waals surface area contributed by atoms with Crippen LogP contribution < -0.4 is 19.6 Å². The average Bonchev–Trinajstić information content (AvgIpc) is 3.54. The number of esters is 1. The van der Waals surface area contributed by atoms with E-state index < -0.39 is 12.0 Å². The third-order valence-electron chi connectivity index (χ3n) is 7.33. The quantitative estimate of drug-likeness (QED) is 0.234. The van der Waals surface area contributed by atoms with Crippen molar-refractivity contribution in [3.63, 3.8) is 0 Å². The molecule has 0 N–H and O–H groups in total. The maximum Gasteiger partial charge on any atom is 0.338 e. The highest BCUT2D eigenvalue weighted by Gasteiger charge is 2.35. The zero-order chi connectivity index (χ0) is 29.2. The Bertz CT molecular complexity index is 1980. The number of thiazole rings is 1. The minimum atomic E-state index is -0.731. The molecule has 1 aliphatic heterocycles. The molecule has 0 saturated heterocycles. The van der Waals surface area contributed by atoms with Crippen LogP contribution in [0.4, 0.5) is 0 Å². The molecule has 1 atom stereocenters. The maximum atomic E-state index is 14.2. The summed E-state index contributed by atoms with van der Waals surface area (Å²) in [7, 11) is 0. The smallest absolute Gasteiger partial charge is 0.338 e. The molecule has 2 aromatic heterocycles. The van der Waals surface area contributed by atoms with Crippen molar-refractivity contribution >= 4 is 40.0 Å². The Kier molecular flexibility index (Phi) is 7.63. The zero-order valence-corrected chi connectivity index (χ0v) is 24.6. The number of para-hydroxylation sites is 1. The number of aryl methyl sites for hydroxylation is 1. The highest BCUT2D eigenvalue weighted by atomic mass is 32.1. The molecule has 0 aliphatic carbocycles. The molecular formula is C34H31N3O4S. The molecule has 42 heavy (non-hydrogen) atoms. The van der Waals surface area contributed by atoms with Crippen LogP contribution in [-0.4, -0.2) is 28.3 Å². The number of rotatable bonds is 8. The lowest BCUT2D eigenvalue weighted by Gasteiger charge is -2.26. The maximum absolute atomic E-state index is 14.2. The Balaban J connectivity index is 1.63. The van der Waals surface area contributed by atoms with Gasteiger partial charge in [-0.15, -0.1) is 0 Å². The second-order valence-corrected chi connectivity index (χ2v) is 10.8. The highest BCUT2D eigenvalue weighted by molar-refractivity contribution is 7.07. The number of carbonyl (C=O) groups is 1. The summed E-state index contributed by atoms with van der Waals surface area (Å²) in [6.45, 7) is 7.35. The van der Waals surface area contributed by atoms with Crippen LogP contribution in [0.1, 0.15) is 43.5 Å². The van der Waals surface area contributed by atoms with E-state index in [1.807, 2.05) is 79.7 Å². The Labute approximate surface area is 247 Å². The van der Waals surface area contributed by atoms with Crippen molar-refractivity contribution in [1.82, 2.24) is 9.13 Å². The second kappa shape index (κ2) is 11.7. The number of hydrogen-bond acceptors (Lipinski definition) is 6. The lowest BCUT2D eigenvalue weighted by Crippen LogP contribution is -2.40. The summed E-state index contributed by atoms with van der Waals surface area (Å²) in [4.78, 5) is 33.3. The number of hydrogen-bond donors (Lipinski definition) is 0. The first kappa shape index (κ1) is 27.5. The topological polar surface area (TPSA) is 74.8 Å². The van der Waals surface area contributed by atoms with E-state index in [0.717, 1.165) is 34.1 Å². The van der Waals surface area contributed by atoms with Crippen LogP contribution in [0.5, 0.6) is 5.75 Å². The molecular weight excluding hydrogens is 546 g/mol. The summed E-state index contributed by atoms with van der Waals surface area (Å²) in [5.41, 5.74) is 4.24. The molecule has 1 aliphatic rings. The van der Waals surface area contributed by atoms with Crippen molar-refractivity contribution in [3.05, 3.63) is 127 Å². The second-order valence-electron chi connectivity index (χ2n) is 9.82. The summed E-state index contributed by atoms with van der Waals surface area (Å²) >= 11 is 1.33. The molecule has 0 radical (unpaired) electrons. The Morgan fingerprint density at radius 3 is 2.40 bits per heavy atom. The van der Waals surface area contributed by atoms with Gasteiger partial charge in [0, 0.05) is 34.8 Å². The molecule has 0 bridgehead atoms. The standard InChI is InChI=1S/C34H31N3O4S/c1-4-36-21-24(26-14-10-11-15-27(26)36)20-28-32(38)37-31(23-16-18-25(19-17-23)40-5-2)29(33(39)41-6-3)30(35-34(37)42-28)22-12-8-7-9-13-22/h7-21,31H,4-6H2,1-3H3/b28-20-/t31-/m0/s1. The fraction of sp³-hybridized carbons (Fsp3) is 0.206. The van der Waals surface area contributed by atoms with Gasteiger partial charge in [-0.05, 0) is 50.6 Å². The van der Waals surface area contributed by atoms with Gasteiger partial charge in [0.1, 0.15) is 5.75 Å². The van der Waals surface area contributed by atoms with E-state index >= 15 is 0 Å². The van der Waals surface area contributed by atoms with Gasteiger partial charge in [-0.25, -0.2) is 9.79 Å². The third-order valence-corrected chi connectivity index (χ3v) is 8.31. The monoisotopic (exact) mass is 577 g/mol. The van der Waals surface area contributed by atoms with E-state index in [0.29, 0.717) is 33.0 Å². The minimum Gasteiger partial charge on any atom is -0.494 e. The number of ether oxygens (including phenoxy) is 2. The number of aromatic nitrogens is 2. The van der Waals surface area contributed by atoms with Gasteiger partial charge in [-0.3, -0.25) is 9.36 Å². The van der Waals surface area contributed by atoms with Crippen molar-refractivity contribution < 1.29 is 14.3 Å². The molecule has 0 unspecified atom stereocenters. The lowest BCUT2D eigenvalue weighted by atomic mass is 9.93. The van der Waals surface area contributed by atoms with Gasteiger partial charge in [0.05, 0.1) is 35.1 Å². The van der Waals surface area contributed by atoms with Crippen molar-refractivity contribution in [1.29, 1.82) is 0 Å². The molecule has 6 rings (SSSR count). The summed E-state index contributed by atoms with van der Waals surface area (Å²) < 4.78 is 15.6. The Morgan fingerprint density at radius 2 is 1.69 bits per heavy atom. The van der Waals surface area contributed by atoms with Crippen molar-refractivity contribution in [3.8, 4) is 5.75 Å². The minimum absolute atomic E-state index is 0.201. The SMILES string of the molecule is CCOC(=O)C1=C(c2ccccc2)N=c2s/c(=C\c3cn(CC)c4ccccc34)c(=O)n2[C@H]1c1ccc(OCC)cc1. The lowest BCUT2D eigenvalue weighted by molar-refractivity contribution is -0.138. The Morgan fingerprint density at radius 1 is 0.952 bits per heavy atom. The molecule has 3 heterocycles. The normalized spacial score (nSPS) is 15.0. The van der Waals surface area contributed by atoms with Crippen molar-refractivity contribution in [2.75, 3.05) is 13.2 Å². The predicted molar refractivity (Wildman–Crippen MR) is 166 cm³/mol. The molecule has 0 fully saturated rings. The molecule has 8 heteroatoms. The first-order valence-corrected chi connectivity index (χ1v) is 14.9. The molecule has 0 saturated carbocycles. The highest BCUT2D eigenvalue weighted by Crippen LogP contribution is 2.35. The fourth-order valence-electron chi connectivity index (χ4n) is 5.46. The van der Waals surface area contributed by atoms with Crippen LogP contribution in [0.2, 0.25) is 0 Å². The van der Waals surface area contributed by atoms with Gasteiger partial charge in [0.25, 0.3) is 5.56 Å². The van der Waals surface area contributed by atoms with E-state index in [2.05, 4.69) is 29.8 Å². The molecule has 212 valence electrons. The average molecular weight is 578 g/mol. The van der Waals surface area contributed by atoms with Crippen LogP contribution in [0.3, 0.4) is 0 Å². The largest absolute Gasteiger partial charge is 0.494 e. The van der Waals surface area contributed by atoms with Crippen LogP contribution >= 0.6 is 11.3 Å². The molecule has 5 aromatic rings. The number of nitrogens with zero attached hydrogens (tertiary/aromatic N) is 3. The third kappa shape index (κ3) is 4.88. The van der Waals surface area contributed by atoms with Crippen LogP contribution in [0.25, 0.3) is 22.7 Å². The summed E-state index contributed by atoms with van der Waals surface area (Å²) in [5.74, 6) is 0.213. The fourth-order valence-corrected chi connectivity index (χ4v) is 6.45. The molecule has 0 spiro atoms. The van der Waals surface area contributed by atoms with Crippen LogP contribution in [-0.2, 0) is 16.1 Å². The molecule has 3 aromatic carbocycles. The first-order chi connectivity index (χ1) is 20.5. The van der Waals surface area contributed by atoms with E-state index in [1.54, 1.807) is 11.5 Å². The van der Waals surface area contributed by atoms with Gasteiger partial charge in [-0.1, -0.05) is 72.0 Å². The predicted octanol–water partition coefficient (Wildman–Crippen LogP) is 5.31. The summed E-state index contributed by atoms with van der Waals surface area (Å²) in [6, 6.07) is 24.5. The van der Waals surface area contributed by atoms with E-state index in [-0.39, 0.29) is 12.2 Å². The van der Waals surface area contributed by atoms with Gasteiger partial charge in [-0.2, -0.15) is 0 Å². The van der Waals surface area contributed by atoms with Gasteiger partial charge in [0.2, 0.25) is 0 Å². The number of fused-ring (bicyclic) bond motifs is 2. The number of benzene rings is 3. The molecule has 0 amide bonds. The van der Waals surface area contributed by atoms with E-state index in [1.165, 1.54) is 11.3 Å². The van der Waals surface area contributed by atoms with Gasteiger partial charge < -0.3 is 14.0 Å². The molecule has 7 nitrogen and oxygen atoms in total. The first-order valence-electron chi connectivity index (χ1n) is 14.1. The zero-order valence-electron chi connectivity index (χ0n) is 23.7. The summed E-state index contributed by atoms with van der Waals surface area (Å²) in [5, 5.41) is 1.07. The summed E-state index contributed by atoms with van der Waals surface area (Å²) in [6.07, 6.45) is 4.01. The Hall–Kier alpha value is -4.69. The van der Waals surface area contributed by atoms with E-state index in [4.69, 9.17) is 14.5 Å².